The number of hydrogen-bond acceptors (Lipinski definition) is 5. The SMILES string of the molecule is COC(=O)C1=CN(Cc2ccc(O)cc2)C=C(C(=O)O)C1c1ccccc1. The number of hydrogen-bond donors (Lipinski definition) is 2. The Kier molecular flexibility index (Phi) is 5.26. The van der Waals surface area contributed by atoms with Gasteiger partial charge in [-0.05, 0) is 23.3 Å². The zero-order valence-corrected chi connectivity index (χ0v) is 14.7. The Balaban J connectivity index is 2.02. The fourth-order valence-electron chi connectivity index (χ4n) is 3.09. The smallest absolute Gasteiger partial charge is 0.336 e. The van der Waals surface area contributed by atoms with E-state index < -0.39 is 17.9 Å². The summed E-state index contributed by atoms with van der Waals surface area (Å²) in [6.45, 7) is 0.346. The van der Waals surface area contributed by atoms with Crippen molar-refractivity contribution in [2.24, 2.45) is 0 Å². The van der Waals surface area contributed by atoms with E-state index in [0.717, 1.165) is 5.56 Å². The highest BCUT2D eigenvalue weighted by Gasteiger charge is 2.34. The third-order valence-electron chi connectivity index (χ3n) is 4.33. The van der Waals surface area contributed by atoms with Crippen molar-refractivity contribution in [1.82, 2.24) is 4.90 Å². The number of carbonyl (C=O) groups is 2. The van der Waals surface area contributed by atoms with E-state index in [1.807, 2.05) is 6.07 Å². The average Bonchev–Trinajstić information content (AvgIpc) is 2.69. The Hall–Kier alpha value is -3.54. The molecule has 1 unspecified atom stereocenters. The largest absolute Gasteiger partial charge is 0.508 e. The lowest BCUT2D eigenvalue weighted by Gasteiger charge is -2.29. The predicted octanol–water partition coefficient (Wildman–Crippen LogP) is 3.02. The van der Waals surface area contributed by atoms with Crippen LogP contribution in [-0.2, 0) is 20.9 Å². The summed E-state index contributed by atoms with van der Waals surface area (Å²) in [5.41, 5.74) is 1.89. The standard InChI is InChI=1S/C21H19NO5/c1-27-21(26)18-13-22(11-14-7-9-16(23)10-8-14)12-17(20(24)25)19(18)15-5-3-2-4-6-15/h2-10,12-13,19,23H,11H2,1H3,(H,24,25). The van der Waals surface area contributed by atoms with E-state index in [-0.39, 0.29) is 16.9 Å². The third-order valence-corrected chi connectivity index (χ3v) is 4.33. The quantitative estimate of drug-likeness (QED) is 0.792. The number of ether oxygens (including phenoxy) is 1. The lowest BCUT2D eigenvalue weighted by molar-refractivity contribution is -0.136. The second-order valence-corrected chi connectivity index (χ2v) is 6.15. The molecule has 1 atom stereocenters. The van der Waals surface area contributed by atoms with E-state index >= 15 is 0 Å². The second-order valence-electron chi connectivity index (χ2n) is 6.15. The topological polar surface area (TPSA) is 87.1 Å². The molecule has 1 aliphatic heterocycles. The molecule has 0 spiro atoms. The third kappa shape index (κ3) is 4.00. The van der Waals surface area contributed by atoms with Crippen LogP contribution in [0.5, 0.6) is 5.75 Å². The molecule has 0 amide bonds. The number of aliphatic carboxylic acids is 1. The number of rotatable bonds is 5. The van der Waals surface area contributed by atoms with Gasteiger partial charge in [0.15, 0.2) is 0 Å². The van der Waals surface area contributed by atoms with Gasteiger partial charge >= 0.3 is 11.9 Å². The highest BCUT2D eigenvalue weighted by Crippen LogP contribution is 2.36. The zero-order chi connectivity index (χ0) is 19.4. The Labute approximate surface area is 156 Å². The monoisotopic (exact) mass is 365 g/mol. The first kappa shape index (κ1) is 18.3. The fourth-order valence-corrected chi connectivity index (χ4v) is 3.09. The number of phenols is 1. The van der Waals surface area contributed by atoms with Gasteiger partial charge in [0, 0.05) is 18.9 Å². The molecule has 1 heterocycles. The molecule has 0 bridgehead atoms. The van der Waals surface area contributed by atoms with Crippen LogP contribution >= 0.6 is 0 Å². The molecule has 0 aromatic heterocycles. The van der Waals surface area contributed by atoms with Gasteiger partial charge in [-0.15, -0.1) is 0 Å². The van der Waals surface area contributed by atoms with Crippen LogP contribution in [0.4, 0.5) is 0 Å². The van der Waals surface area contributed by atoms with E-state index in [2.05, 4.69) is 0 Å². The first-order chi connectivity index (χ1) is 13.0. The molecule has 1 aliphatic rings. The van der Waals surface area contributed by atoms with Gasteiger partial charge in [-0.25, -0.2) is 9.59 Å². The Morgan fingerprint density at radius 2 is 1.63 bits per heavy atom. The summed E-state index contributed by atoms with van der Waals surface area (Å²) < 4.78 is 4.90. The van der Waals surface area contributed by atoms with Crippen molar-refractivity contribution in [2.75, 3.05) is 7.11 Å². The lowest BCUT2D eigenvalue weighted by atomic mass is 9.83. The summed E-state index contributed by atoms with van der Waals surface area (Å²) in [5, 5.41) is 19.2. The highest BCUT2D eigenvalue weighted by atomic mass is 16.5. The van der Waals surface area contributed by atoms with Crippen LogP contribution in [0.15, 0.2) is 78.1 Å². The van der Waals surface area contributed by atoms with Gasteiger partial charge in [-0.1, -0.05) is 42.5 Å². The summed E-state index contributed by atoms with van der Waals surface area (Å²) in [7, 11) is 1.27. The number of nitrogens with zero attached hydrogens (tertiary/aromatic N) is 1. The van der Waals surface area contributed by atoms with Crippen LogP contribution in [0.2, 0.25) is 0 Å². The minimum atomic E-state index is -1.10. The highest BCUT2D eigenvalue weighted by molar-refractivity contribution is 5.97. The minimum absolute atomic E-state index is 0.0860. The van der Waals surface area contributed by atoms with E-state index in [4.69, 9.17) is 4.74 Å². The van der Waals surface area contributed by atoms with E-state index in [0.29, 0.717) is 12.1 Å². The van der Waals surface area contributed by atoms with Crippen molar-refractivity contribution in [2.45, 2.75) is 12.5 Å². The number of benzene rings is 2. The van der Waals surface area contributed by atoms with Gasteiger partial charge in [-0.3, -0.25) is 0 Å². The van der Waals surface area contributed by atoms with Crippen molar-refractivity contribution in [3.05, 3.63) is 89.3 Å². The number of carboxylic acids is 1. The zero-order valence-electron chi connectivity index (χ0n) is 14.7. The molecule has 3 rings (SSSR count). The summed E-state index contributed by atoms with van der Waals surface area (Å²) in [4.78, 5) is 26.0. The van der Waals surface area contributed by atoms with Crippen molar-refractivity contribution in [1.29, 1.82) is 0 Å². The van der Waals surface area contributed by atoms with Crippen molar-refractivity contribution < 1.29 is 24.5 Å². The summed E-state index contributed by atoms with van der Waals surface area (Å²) >= 11 is 0. The average molecular weight is 365 g/mol. The molecule has 0 aliphatic carbocycles. The number of phenolic OH excluding ortho intramolecular Hbond substituents is 1. The Bertz CT molecular complexity index is 900. The maximum absolute atomic E-state index is 12.4. The van der Waals surface area contributed by atoms with Crippen LogP contribution in [0, 0.1) is 0 Å². The number of esters is 1. The second kappa shape index (κ2) is 7.78. The molecule has 2 aromatic carbocycles. The number of aromatic hydroxyl groups is 1. The predicted molar refractivity (Wildman–Crippen MR) is 98.7 cm³/mol. The number of carboxylic acid groups (broad SMARTS) is 1. The first-order valence-corrected chi connectivity index (χ1v) is 8.33. The van der Waals surface area contributed by atoms with Crippen LogP contribution in [0.1, 0.15) is 17.0 Å². The van der Waals surface area contributed by atoms with Crippen LogP contribution in [0.25, 0.3) is 0 Å². The maximum atomic E-state index is 12.4. The van der Waals surface area contributed by atoms with Crippen LogP contribution < -0.4 is 0 Å². The van der Waals surface area contributed by atoms with Gasteiger partial charge in [0.2, 0.25) is 0 Å². The van der Waals surface area contributed by atoms with Crippen molar-refractivity contribution in [3.8, 4) is 5.75 Å². The van der Waals surface area contributed by atoms with Gasteiger partial charge in [-0.2, -0.15) is 0 Å². The molecular weight excluding hydrogens is 346 g/mol. The molecule has 2 aromatic rings. The van der Waals surface area contributed by atoms with Gasteiger partial charge in [0.25, 0.3) is 0 Å². The first-order valence-electron chi connectivity index (χ1n) is 8.33. The maximum Gasteiger partial charge on any atom is 0.336 e. The molecule has 138 valence electrons. The molecule has 0 saturated carbocycles. The van der Waals surface area contributed by atoms with Gasteiger partial charge in [0.05, 0.1) is 24.2 Å². The summed E-state index contributed by atoms with van der Waals surface area (Å²) in [5.74, 6) is -2.25. The normalized spacial score (nSPS) is 16.3. The van der Waals surface area contributed by atoms with Crippen LogP contribution in [-0.4, -0.2) is 34.2 Å². The van der Waals surface area contributed by atoms with Crippen molar-refractivity contribution >= 4 is 11.9 Å². The van der Waals surface area contributed by atoms with Crippen LogP contribution in [0.3, 0.4) is 0 Å². The number of carbonyl (C=O) groups excluding carboxylic acids is 1. The molecular formula is C21H19NO5. The summed E-state index contributed by atoms with van der Waals surface area (Å²) in [6, 6.07) is 15.6. The Morgan fingerprint density at radius 3 is 2.22 bits per heavy atom. The van der Waals surface area contributed by atoms with Gasteiger partial charge < -0.3 is 19.8 Å². The van der Waals surface area contributed by atoms with Gasteiger partial charge in [0.1, 0.15) is 5.75 Å². The minimum Gasteiger partial charge on any atom is -0.508 e. The molecule has 6 heteroatoms. The fraction of sp³-hybridized carbons (Fsp3) is 0.143. The van der Waals surface area contributed by atoms with Crippen molar-refractivity contribution in [3.63, 3.8) is 0 Å². The van der Waals surface area contributed by atoms with E-state index in [1.165, 1.54) is 13.3 Å². The summed E-state index contributed by atoms with van der Waals surface area (Å²) in [6.07, 6.45) is 3.14. The van der Waals surface area contributed by atoms with E-state index in [9.17, 15) is 19.8 Å². The number of methoxy groups -OCH3 is 1. The van der Waals surface area contributed by atoms with E-state index in [1.54, 1.807) is 59.6 Å². The molecule has 0 saturated heterocycles. The molecule has 0 radical (unpaired) electrons. The Morgan fingerprint density at radius 1 is 1.00 bits per heavy atom. The molecule has 0 fully saturated rings. The lowest BCUT2D eigenvalue weighted by Crippen LogP contribution is -2.28. The molecule has 6 nitrogen and oxygen atoms in total. The molecule has 2 N–H and O–H groups in total. The molecule has 27 heavy (non-hydrogen) atoms.